The molecule has 0 spiro atoms. The normalized spacial score (nSPS) is 11.6. The number of anilines is 6. The van der Waals surface area contributed by atoms with Crippen LogP contribution >= 0.6 is 0 Å². The average Bonchev–Trinajstić information content (AvgIpc) is 3.74. The van der Waals surface area contributed by atoms with Crippen molar-refractivity contribution in [2.75, 3.05) is 9.80 Å². The van der Waals surface area contributed by atoms with Gasteiger partial charge in [-0.3, -0.25) is 0 Å². The molecule has 0 aliphatic rings. The molecule has 1 heterocycles. The van der Waals surface area contributed by atoms with E-state index in [0.717, 1.165) is 39.8 Å². The molecular formula is C64H43N3. The van der Waals surface area contributed by atoms with Crippen LogP contribution in [-0.4, -0.2) is 4.57 Å². The van der Waals surface area contributed by atoms with E-state index in [-0.39, 0.29) is 0 Å². The van der Waals surface area contributed by atoms with Crippen molar-refractivity contribution in [3.8, 4) is 16.8 Å². The molecule has 67 heavy (non-hydrogen) atoms. The summed E-state index contributed by atoms with van der Waals surface area (Å²) < 4.78 is 2.38. The second-order valence-electron chi connectivity index (χ2n) is 17.3. The van der Waals surface area contributed by atoms with E-state index in [1.807, 2.05) is 0 Å². The molecule has 0 saturated heterocycles. The van der Waals surface area contributed by atoms with Gasteiger partial charge in [-0.15, -0.1) is 0 Å². The zero-order valence-corrected chi connectivity index (χ0v) is 36.7. The van der Waals surface area contributed by atoms with Gasteiger partial charge in [0, 0.05) is 50.3 Å². The fourth-order valence-electron chi connectivity index (χ4n) is 10.5. The molecule has 13 rings (SSSR count). The van der Waals surface area contributed by atoms with Crippen molar-refractivity contribution in [1.82, 2.24) is 4.57 Å². The number of hydrogen-bond acceptors (Lipinski definition) is 2. The largest absolute Gasteiger partial charge is 0.311 e. The van der Waals surface area contributed by atoms with E-state index in [2.05, 4.69) is 275 Å². The van der Waals surface area contributed by atoms with Crippen LogP contribution in [0.4, 0.5) is 34.1 Å². The van der Waals surface area contributed by atoms with Gasteiger partial charge in [-0.25, -0.2) is 0 Å². The van der Waals surface area contributed by atoms with Crippen LogP contribution in [0.25, 0.3) is 81.7 Å². The standard InChI is InChI=1S/C64H43N3/c1-4-18-45(19-5-1)65(46-20-6-2-7-21-46)48-33-35-49(36-34-48)66(50-37-38-57-55-27-11-10-25-53(55)54-26-12-13-28-56(54)60(57)43-50)63-41-39-51(52-24-14-15-29-58(52)63)44-32-40-64-61(42-44)59-30-16-17-31-62(59)67(64)47-22-8-3-9-23-47/h1-43H. The van der Waals surface area contributed by atoms with Crippen LogP contribution in [0.3, 0.4) is 0 Å². The van der Waals surface area contributed by atoms with E-state index in [9.17, 15) is 0 Å². The predicted molar refractivity (Wildman–Crippen MR) is 286 cm³/mol. The monoisotopic (exact) mass is 853 g/mol. The molecule has 0 atom stereocenters. The van der Waals surface area contributed by atoms with E-state index in [1.165, 1.54) is 76.0 Å². The van der Waals surface area contributed by atoms with Crippen LogP contribution in [-0.2, 0) is 0 Å². The highest BCUT2D eigenvalue weighted by Gasteiger charge is 2.21. The number of hydrogen-bond donors (Lipinski definition) is 0. The fourth-order valence-corrected chi connectivity index (χ4v) is 10.5. The molecule has 0 fully saturated rings. The summed E-state index contributed by atoms with van der Waals surface area (Å²) in [6.07, 6.45) is 0. The fraction of sp³-hybridized carbons (Fsp3) is 0. The molecule has 0 N–H and O–H groups in total. The first-order valence-corrected chi connectivity index (χ1v) is 23.0. The van der Waals surface area contributed by atoms with Crippen LogP contribution in [0.15, 0.2) is 261 Å². The Labute approximate surface area is 389 Å². The molecule has 12 aromatic carbocycles. The second-order valence-corrected chi connectivity index (χ2v) is 17.3. The summed E-state index contributed by atoms with van der Waals surface area (Å²) in [6, 6.07) is 94.9. The van der Waals surface area contributed by atoms with Crippen molar-refractivity contribution in [1.29, 1.82) is 0 Å². The Bertz CT molecular complexity index is 3890. The molecular weight excluding hydrogens is 811 g/mol. The SMILES string of the molecule is c1ccc(N(c2ccccc2)c2ccc(N(c3ccc4c5ccccc5c5ccccc5c4c3)c3ccc(-c4ccc5c(c4)c4ccccc4n5-c4ccccc4)c4ccccc34)cc2)cc1. The van der Waals surface area contributed by atoms with Gasteiger partial charge in [0.2, 0.25) is 0 Å². The van der Waals surface area contributed by atoms with Crippen molar-refractivity contribution in [3.05, 3.63) is 261 Å². The molecule has 3 heteroatoms. The molecule has 13 aromatic rings. The van der Waals surface area contributed by atoms with E-state index in [1.54, 1.807) is 0 Å². The highest BCUT2D eigenvalue weighted by molar-refractivity contribution is 6.26. The topological polar surface area (TPSA) is 11.4 Å². The lowest BCUT2D eigenvalue weighted by atomic mass is 9.93. The molecule has 0 radical (unpaired) electrons. The number of aromatic nitrogens is 1. The Morgan fingerprint density at radius 3 is 1.31 bits per heavy atom. The summed E-state index contributed by atoms with van der Waals surface area (Å²) in [5, 5.41) is 12.4. The lowest BCUT2D eigenvalue weighted by Gasteiger charge is -2.29. The third kappa shape index (κ3) is 6.43. The summed E-state index contributed by atoms with van der Waals surface area (Å²) >= 11 is 0. The third-order valence-electron chi connectivity index (χ3n) is 13.5. The smallest absolute Gasteiger partial charge is 0.0541 e. The summed E-state index contributed by atoms with van der Waals surface area (Å²) in [4.78, 5) is 4.77. The quantitative estimate of drug-likeness (QED) is 0.141. The number of rotatable bonds is 8. The summed E-state index contributed by atoms with van der Waals surface area (Å²) in [7, 11) is 0. The van der Waals surface area contributed by atoms with E-state index in [4.69, 9.17) is 0 Å². The molecule has 0 aliphatic carbocycles. The van der Waals surface area contributed by atoms with Gasteiger partial charge in [-0.2, -0.15) is 0 Å². The van der Waals surface area contributed by atoms with Gasteiger partial charge in [-0.05, 0) is 146 Å². The van der Waals surface area contributed by atoms with Crippen molar-refractivity contribution in [2.45, 2.75) is 0 Å². The summed E-state index contributed by atoms with van der Waals surface area (Å²) in [6.45, 7) is 0. The predicted octanol–water partition coefficient (Wildman–Crippen LogP) is 18.0. The first-order valence-electron chi connectivity index (χ1n) is 23.0. The minimum absolute atomic E-state index is 1.07. The zero-order chi connectivity index (χ0) is 44.3. The molecule has 0 bridgehead atoms. The number of para-hydroxylation sites is 4. The van der Waals surface area contributed by atoms with Gasteiger partial charge < -0.3 is 14.4 Å². The van der Waals surface area contributed by atoms with Gasteiger partial charge in [0.25, 0.3) is 0 Å². The van der Waals surface area contributed by atoms with Crippen LogP contribution in [0.1, 0.15) is 0 Å². The van der Waals surface area contributed by atoms with Crippen LogP contribution < -0.4 is 9.80 Å². The first-order chi connectivity index (χ1) is 33.3. The summed E-state index contributed by atoms with van der Waals surface area (Å²) in [5.41, 5.74) is 12.5. The van der Waals surface area contributed by atoms with E-state index < -0.39 is 0 Å². The second kappa shape index (κ2) is 16.0. The van der Waals surface area contributed by atoms with E-state index >= 15 is 0 Å². The van der Waals surface area contributed by atoms with Gasteiger partial charge in [0.1, 0.15) is 0 Å². The Morgan fingerprint density at radius 1 is 0.239 bits per heavy atom. The van der Waals surface area contributed by atoms with Gasteiger partial charge in [0.15, 0.2) is 0 Å². The van der Waals surface area contributed by atoms with Crippen LogP contribution in [0, 0.1) is 0 Å². The Morgan fingerprint density at radius 2 is 0.687 bits per heavy atom. The molecule has 1 aromatic heterocycles. The van der Waals surface area contributed by atoms with Gasteiger partial charge in [0.05, 0.1) is 16.7 Å². The molecule has 0 amide bonds. The summed E-state index contributed by atoms with van der Waals surface area (Å²) in [5.74, 6) is 0. The van der Waals surface area contributed by atoms with Crippen LogP contribution in [0.5, 0.6) is 0 Å². The number of nitrogens with zero attached hydrogens (tertiary/aromatic N) is 3. The lowest BCUT2D eigenvalue weighted by molar-refractivity contribution is 1.18. The molecule has 0 aliphatic heterocycles. The van der Waals surface area contributed by atoms with Crippen molar-refractivity contribution < 1.29 is 0 Å². The van der Waals surface area contributed by atoms with Gasteiger partial charge in [-0.1, -0.05) is 164 Å². The van der Waals surface area contributed by atoms with E-state index in [0.29, 0.717) is 0 Å². The molecule has 314 valence electrons. The zero-order valence-electron chi connectivity index (χ0n) is 36.7. The molecule has 3 nitrogen and oxygen atoms in total. The minimum Gasteiger partial charge on any atom is -0.311 e. The molecule has 0 unspecified atom stereocenters. The number of benzene rings is 12. The maximum Gasteiger partial charge on any atom is 0.0541 e. The maximum absolute atomic E-state index is 2.45. The number of fused-ring (bicyclic) bond motifs is 10. The first kappa shape index (κ1) is 38.5. The maximum atomic E-state index is 2.45. The average molecular weight is 854 g/mol. The van der Waals surface area contributed by atoms with Gasteiger partial charge >= 0.3 is 0 Å². The Kier molecular flexibility index (Phi) is 9.17. The highest BCUT2D eigenvalue weighted by Crippen LogP contribution is 2.46. The minimum atomic E-state index is 1.07. The van der Waals surface area contributed by atoms with Crippen molar-refractivity contribution in [2.24, 2.45) is 0 Å². The lowest BCUT2D eigenvalue weighted by Crippen LogP contribution is -2.12. The van der Waals surface area contributed by atoms with Crippen molar-refractivity contribution in [3.63, 3.8) is 0 Å². The molecule has 0 saturated carbocycles. The third-order valence-corrected chi connectivity index (χ3v) is 13.5. The highest BCUT2D eigenvalue weighted by atomic mass is 15.2. The van der Waals surface area contributed by atoms with Crippen molar-refractivity contribution >= 4 is 99.0 Å². The van der Waals surface area contributed by atoms with Crippen LogP contribution in [0.2, 0.25) is 0 Å². The Balaban J connectivity index is 1.01. The Hall–Kier alpha value is -8.92.